The Hall–Kier alpha value is -1.08. The smallest absolute Gasteiger partial charge is 0.0653 e. The first-order chi connectivity index (χ1) is 6.79. The second-order valence-electron chi connectivity index (χ2n) is 3.80. The van der Waals surface area contributed by atoms with Gasteiger partial charge < -0.3 is 4.74 Å². The summed E-state index contributed by atoms with van der Waals surface area (Å²) in [4.78, 5) is 0. The number of hydrogen-bond donors (Lipinski definition) is 0. The first kappa shape index (κ1) is 9.47. The van der Waals surface area contributed by atoms with Crippen LogP contribution in [-0.4, -0.2) is 13.2 Å². The number of benzene rings is 1. The first-order valence-corrected chi connectivity index (χ1v) is 5.12. The molecule has 0 atom stereocenters. The Morgan fingerprint density at radius 3 is 2.79 bits per heavy atom. The van der Waals surface area contributed by atoms with Gasteiger partial charge in [-0.25, -0.2) is 0 Å². The third-order valence-electron chi connectivity index (χ3n) is 2.91. The van der Waals surface area contributed by atoms with Crippen LogP contribution in [0.5, 0.6) is 0 Å². The molecule has 0 radical (unpaired) electrons. The molecule has 0 bridgehead atoms. The standard InChI is InChI=1S/C13H16O/c1-10-4-3-5-13(11(10)2)12-6-8-14-9-7-12/h3-6H,7-9H2,1-2H3. The Bertz CT molecular complexity index is 363. The second-order valence-corrected chi connectivity index (χ2v) is 3.80. The molecule has 0 fully saturated rings. The molecule has 1 aromatic rings. The third-order valence-corrected chi connectivity index (χ3v) is 2.91. The van der Waals surface area contributed by atoms with Crippen molar-refractivity contribution in [2.45, 2.75) is 20.3 Å². The molecule has 1 nitrogen and oxygen atoms in total. The van der Waals surface area contributed by atoms with Gasteiger partial charge in [0.05, 0.1) is 13.2 Å². The highest BCUT2D eigenvalue weighted by Crippen LogP contribution is 2.25. The van der Waals surface area contributed by atoms with Crippen molar-refractivity contribution in [1.82, 2.24) is 0 Å². The van der Waals surface area contributed by atoms with E-state index >= 15 is 0 Å². The van der Waals surface area contributed by atoms with E-state index < -0.39 is 0 Å². The maximum Gasteiger partial charge on any atom is 0.0653 e. The molecule has 0 unspecified atom stereocenters. The largest absolute Gasteiger partial charge is 0.377 e. The molecule has 74 valence electrons. The minimum absolute atomic E-state index is 0.767. The molecular formula is C13H16O. The van der Waals surface area contributed by atoms with Crippen molar-refractivity contribution >= 4 is 5.57 Å². The molecule has 0 N–H and O–H groups in total. The molecule has 1 aliphatic rings. The number of ether oxygens (including phenoxy) is 1. The predicted octanol–water partition coefficient (Wildman–Crippen LogP) is 3.11. The van der Waals surface area contributed by atoms with Gasteiger partial charge in [0.2, 0.25) is 0 Å². The molecule has 14 heavy (non-hydrogen) atoms. The number of rotatable bonds is 1. The minimum Gasteiger partial charge on any atom is -0.377 e. The predicted molar refractivity (Wildman–Crippen MR) is 59.3 cm³/mol. The summed E-state index contributed by atoms with van der Waals surface area (Å²) in [5, 5.41) is 0. The van der Waals surface area contributed by atoms with Crippen molar-refractivity contribution in [2.75, 3.05) is 13.2 Å². The molecule has 1 aromatic carbocycles. The monoisotopic (exact) mass is 188 g/mol. The van der Waals surface area contributed by atoms with Gasteiger partial charge in [0.25, 0.3) is 0 Å². The lowest BCUT2D eigenvalue weighted by molar-refractivity contribution is 0.161. The van der Waals surface area contributed by atoms with Crippen molar-refractivity contribution < 1.29 is 4.74 Å². The summed E-state index contributed by atoms with van der Waals surface area (Å²) in [5.74, 6) is 0. The van der Waals surface area contributed by atoms with E-state index in [1.807, 2.05) is 0 Å². The SMILES string of the molecule is Cc1cccc(C2=CCOCC2)c1C. The van der Waals surface area contributed by atoms with Crippen LogP contribution in [0.4, 0.5) is 0 Å². The fraction of sp³-hybridized carbons (Fsp3) is 0.385. The maximum atomic E-state index is 5.31. The van der Waals surface area contributed by atoms with E-state index in [2.05, 4.69) is 38.1 Å². The zero-order valence-electron chi connectivity index (χ0n) is 8.84. The van der Waals surface area contributed by atoms with E-state index in [0.29, 0.717) is 0 Å². The summed E-state index contributed by atoms with van der Waals surface area (Å²) in [6.07, 6.45) is 3.25. The van der Waals surface area contributed by atoms with E-state index in [0.717, 1.165) is 19.6 Å². The molecule has 0 amide bonds. The Morgan fingerprint density at radius 1 is 1.21 bits per heavy atom. The van der Waals surface area contributed by atoms with Gasteiger partial charge in [0.1, 0.15) is 0 Å². The zero-order valence-corrected chi connectivity index (χ0v) is 8.84. The summed E-state index contributed by atoms with van der Waals surface area (Å²) in [6.45, 7) is 5.99. The van der Waals surface area contributed by atoms with Crippen molar-refractivity contribution in [2.24, 2.45) is 0 Å². The molecule has 0 spiro atoms. The molecule has 2 rings (SSSR count). The normalized spacial score (nSPS) is 16.6. The molecule has 0 saturated carbocycles. The second kappa shape index (κ2) is 3.97. The lowest BCUT2D eigenvalue weighted by atomic mass is 9.94. The quantitative estimate of drug-likeness (QED) is 0.658. The molecular weight excluding hydrogens is 172 g/mol. The number of aryl methyl sites for hydroxylation is 1. The van der Waals surface area contributed by atoms with Crippen molar-refractivity contribution in [3.63, 3.8) is 0 Å². The Morgan fingerprint density at radius 2 is 2.07 bits per heavy atom. The Balaban J connectivity index is 2.40. The topological polar surface area (TPSA) is 9.23 Å². The van der Waals surface area contributed by atoms with Crippen LogP contribution < -0.4 is 0 Å². The van der Waals surface area contributed by atoms with Crippen LogP contribution >= 0.6 is 0 Å². The lowest BCUT2D eigenvalue weighted by Crippen LogP contribution is -2.04. The Kier molecular flexibility index (Phi) is 2.69. The molecule has 0 aromatic heterocycles. The zero-order chi connectivity index (χ0) is 9.97. The van der Waals surface area contributed by atoms with E-state index in [-0.39, 0.29) is 0 Å². The van der Waals surface area contributed by atoms with E-state index in [9.17, 15) is 0 Å². The summed E-state index contributed by atoms with van der Waals surface area (Å²) >= 11 is 0. The molecule has 0 saturated heterocycles. The summed E-state index contributed by atoms with van der Waals surface area (Å²) in [7, 11) is 0. The van der Waals surface area contributed by atoms with Crippen molar-refractivity contribution in [3.05, 3.63) is 41.0 Å². The lowest BCUT2D eigenvalue weighted by Gasteiger charge is -2.16. The fourth-order valence-electron chi connectivity index (χ4n) is 1.87. The fourth-order valence-corrected chi connectivity index (χ4v) is 1.87. The summed E-state index contributed by atoms with van der Waals surface area (Å²) in [6, 6.07) is 6.51. The van der Waals surface area contributed by atoms with Gasteiger partial charge >= 0.3 is 0 Å². The molecule has 1 heterocycles. The van der Waals surface area contributed by atoms with Gasteiger partial charge in [-0.3, -0.25) is 0 Å². The van der Waals surface area contributed by atoms with Crippen molar-refractivity contribution in [1.29, 1.82) is 0 Å². The van der Waals surface area contributed by atoms with E-state index in [1.165, 1.54) is 22.3 Å². The van der Waals surface area contributed by atoms with Crippen LogP contribution in [-0.2, 0) is 4.74 Å². The van der Waals surface area contributed by atoms with Crippen LogP contribution in [0.3, 0.4) is 0 Å². The van der Waals surface area contributed by atoms with Crippen LogP contribution in [0.1, 0.15) is 23.1 Å². The highest BCUT2D eigenvalue weighted by Gasteiger charge is 2.09. The molecule has 1 heteroatoms. The minimum atomic E-state index is 0.767. The summed E-state index contributed by atoms with van der Waals surface area (Å²) < 4.78 is 5.31. The van der Waals surface area contributed by atoms with Gasteiger partial charge in [-0.15, -0.1) is 0 Å². The summed E-state index contributed by atoms with van der Waals surface area (Å²) in [5.41, 5.74) is 5.61. The first-order valence-electron chi connectivity index (χ1n) is 5.12. The van der Waals surface area contributed by atoms with Crippen LogP contribution in [0.15, 0.2) is 24.3 Å². The maximum absolute atomic E-state index is 5.31. The van der Waals surface area contributed by atoms with Crippen molar-refractivity contribution in [3.8, 4) is 0 Å². The van der Waals surface area contributed by atoms with E-state index in [1.54, 1.807) is 0 Å². The highest BCUT2D eigenvalue weighted by atomic mass is 16.5. The van der Waals surface area contributed by atoms with Gasteiger partial charge in [-0.1, -0.05) is 24.3 Å². The van der Waals surface area contributed by atoms with Crippen LogP contribution in [0.2, 0.25) is 0 Å². The van der Waals surface area contributed by atoms with Gasteiger partial charge in [0, 0.05) is 0 Å². The van der Waals surface area contributed by atoms with Gasteiger partial charge in [0.15, 0.2) is 0 Å². The average Bonchev–Trinajstić information content (AvgIpc) is 2.23. The van der Waals surface area contributed by atoms with Crippen LogP contribution in [0.25, 0.3) is 5.57 Å². The van der Waals surface area contributed by atoms with E-state index in [4.69, 9.17) is 4.74 Å². The molecule has 0 aliphatic carbocycles. The average molecular weight is 188 g/mol. The van der Waals surface area contributed by atoms with Gasteiger partial charge in [-0.2, -0.15) is 0 Å². The highest BCUT2D eigenvalue weighted by molar-refractivity contribution is 5.69. The molecule has 1 aliphatic heterocycles. The third kappa shape index (κ3) is 1.73. The van der Waals surface area contributed by atoms with Gasteiger partial charge in [-0.05, 0) is 42.5 Å². The van der Waals surface area contributed by atoms with Crippen LogP contribution in [0, 0.1) is 13.8 Å². The Labute approximate surface area is 85.4 Å². The number of hydrogen-bond acceptors (Lipinski definition) is 1.